The Balaban J connectivity index is 1.43. The Hall–Kier alpha value is -3.57. The molecule has 2 amide bonds. The molecule has 1 aliphatic carbocycles. The molecule has 0 saturated carbocycles. The number of amides is 2. The number of aliphatic hydroxyl groups is 1. The highest BCUT2D eigenvalue weighted by molar-refractivity contribution is 7.17. The van der Waals surface area contributed by atoms with Crippen molar-refractivity contribution in [3.8, 4) is 5.75 Å². The molecule has 9 nitrogen and oxygen atoms in total. The first kappa shape index (κ1) is 32.3. The Labute approximate surface area is 258 Å². The van der Waals surface area contributed by atoms with E-state index in [9.17, 15) is 9.59 Å². The van der Waals surface area contributed by atoms with Crippen LogP contribution in [0.15, 0.2) is 53.6 Å². The average molecular weight is 606 g/mol. The molecule has 0 aliphatic heterocycles. The molecule has 0 saturated heterocycles. The van der Waals surface area contributed by atoms with Gasteiger partial charge in [-0.2, -0.15) is 5.10 Å². The van der Waals surface area contributed by atoms with Crippen LogP contribution in [0.5, 0.6) is 5.75 Å². The van der Waals surface area contributed by atoms with Crippen molar-refractivity contribution < 1.29 is 19.4 Å². The van der Waals surface area contributed by atoms with Gasteiger partial charge >= 0.3 is 0 Å². The molecule has 10 heteroatoms. The van der Waals surface area contributed by atoms with Gasteiger partial charge in [0, 0.05) is 30.1 Å². The van der Waals surface area contributed by atoms with Crippen LogP contribution in [0.1, 0.15) is 69.0 Å². The van der Waals surface area contributed by atoms with Gasteiger partial charge in [-0.3, -0.25) is 9.59 Å². The highest BCUT2D eigenvalue weighted by Gasteiger charge is 2.26. The third-order valence-corrected chi connectivity index (χ3v) is 8.79. The number of hydrogen-bond acceptors (Lipinski definition) is 8. The van der Waals surface area contributed by atoms with Gasteiger partial charge in [0.2, 0.25) is 0 Å². The predicted molar refractivity (Wildman–Crippen MR) is 174 cm³/mol. The summed E-state index contributed by atoms with van der Waals surface area (Å²) in [5.74, 6) is 0.0816. The summed E-state index contributed by atoms with van der Waals surface area (Å²) in [7, 11) is 2.10. The first-order valence-electron chi connectivity index (χ1n) is 15.0. The molecule has 1 heterocycles. The maximum absolute atomic E-state index is 13.4. The molecule has 2 aromatic carbocycles. The van der Waals surface area contributed by atoms with E-state index in [2.05, 4.69) is 46.5 Å². The van der Waals surface area contributed by atoms with Gasteiger partial charge in [-0.25, -0.2) is 5.43 Å². The monoisotopic (exact) mass is 605 g/mol. The van der Waals surface area contributed by atoms with E-state index in [0.29, 0.717) is 21.9 Å². The number of carbonyl (C=O) groups excluding carboxylic acids is 2. The normalized spacial score (nSPS) is 13.0. The molecular weight excluding hydrogens is 562 g/mol. The molecule has 1 aliphatic rings. The fourth-order valence-corrected chi connectivity index (χ4v) is 6.44. The molecule has 4 rings (SSSR count). The Morgan fingerprint density at radius 1 is 1.05 bits per heavy atom. The van der Waals surface area contributed by atoms with E-state index in [0.717, 1.165) is 80.0 Å². The fraction of sp³-hybridized carbons (Fsp3) is 0.424. The zero-order valence-corrected chi connectivity index (χ0v) is 26.2. The van der Waals surface area contributed by atoms with Crippen LogP contribution in [0.4, 0.5) is 5.00 Å². The van der Waals surface area contributed by atoms with Crippen LogP contribution in [0, 0.1) is 0 Å². The number of hydrazone groups is 1. The van der Waals surface area contributed by atoms with Crippen molar-refractivity contribution in [2.45, 2.75) is 46.1 Å². The van der Waals surface area contributed by atoms with E-state index < -0.39 is 0 Å². The summed E-state index contributed by atoms with van der Waals surface area (Å²) in [6.45, 7) is 9.31. The lowest BCUT2D eigenvalue weighted by molar-refractivity contribution is 0.0955. The lowest BCUT2D eigenvalue weighted by atomic mass is 9.95. The number of thiophene rings is 1. The lowest BCUT2D eigenvalue weighted by Gasteiger charge is -2.23. The Bertz CT molecular complexity index is 1380. The molecule has 43 heavy (non-hydrogen) atoms. The second-order valence-electron chi connectivity index (χ2n) is 10.7. The van der Waals surface area contributed by atoms with Gasteiger partial charge in [-0.15, -0.1) is 11.3 Å². The first-order valence-corrected chi connectivity index (χ1v) is 15.9. The number of rotatable bonds is 15. The summed E-state index contributed by atoms with van der Waals surface area (Å²) in [4.78, 5) is 32.6. The average Bonchev–Trinajstić information content (AvgIpc) is 3.39. The van der Waals surface area contributed by atoms with E-state index in [1.807, 2.05) is 36.4 Å². The van der Waals surface area contributed by atoms with Gasteiger partial charge < -0.3 is 25.0 Å². The summed E-state index contributed by atoms with van der Waals surface area (Å²) in [5, 5.41) is 16.7. The van der Waals surface area contributed by atoms with E-state index in [1.165, 1.54) is 11.3 Å². The first-order chi connectivity index (χ1) is 20.9. The lowest BCUT2D eigenvalue weighted by Crippen LogP contribution is -2.32. The second-order valence-corrected chi connectivity index (χ2v) is 11.8. The maximum Gasteiger partial charge on any atom is 0.274 e. The highest BCUT2D eigenvalue weighted by Crippen LogP contribution is 2.38. The van der Waals surface area contributed by atoms with Crippen LogP contribution in [0.2, 0.25) is 0 Å². The van der Waals surface area contributed by atoms with Gasteiger partial charge in [-0.1, -0.05) is 26.0 Å². The van der Waals surface area contributed by atoms with E-state index >= 15 is 0 Å². The Kier molecular flexibility index (Phi) is 12.3. The van der Waals surface area contributed by atoms with Gasteiger partial charge in [0.05, 0.1) is 18.4 Å². The van der Waals surface area contributed by atoms with Crippen LogP contribution in [-0.2, 0) is 19.4 Å². The molecule has 230 valence electrons. The maximum atomic E-state index is 13.4. The number of likely N-dealkylation sites (N-methyl/N-ethyl adjacent to an activating group) is 2. The van der Waals surface area contributed by atoms with Crippen LogP contribution < -0.4 is 15.5 Å². The number of benzene rings is 2. The number of anilines is 1. The van der Waals surface area contributed by atoms with Crippen molar-refractivity contribution in [3.63, 3.8) is 0 Å². The molecule has 0 bridgehead atoms. The Morgan fingerprint density at radius 3 is 2.56 bits per heavy atom. The number of carbonyl (C=O) groups is 2. The predicted octanol–water partition coefficient (Wildman–Crippen LogP) is 4.79. The number of nitrogens with zero attached hydrogens (tertiary/aromatic N) is 3. The number of hydrogen-bond donors (Lipinski definition) is 3. The molecule has 0 fully saturated rings. The minimum Gasteiger partial charge on any atom is -0.491 e. The smallest absolute Gasteiger partial charge is 0.274 e. The van der Waals surface area contributed by atoms with Crippen LogP contribution >= 0.6 is 11.3 Å². The summed E-state index contributed by atoms with van der Waals surface area (Å²) < 4.78 is 5.38. The molecule has 0 spiro atoms. The Morgan fingerprint density at radius 2 is 1.81 bits per heavy atom. The minimum atomic E-state index is -0.336. The molecule has 3 N–H and O–H groups in total. The molecular formula is C33H43N5O4S. The van der Waals surface area contributed by atoms with E-state index in [1.54, 1.807) is 18.3 Å². The molecule has 3 aromatic rings. The molecule has 0 radical (unpaired) electrons. The van der Waals surface area contributed by atoms with Crippen molar-refractivity contribution in [2.24, 2.45) is 5.10 Å². The molecule has 0 unspecified atom stereocenters. The number of aliphatic hydroxyl groups excluding tert-OH is 1. The second kappa shape index (κ2) is 16.3. The zero-order chi connectivity index (χ0) is 30.6. The van der Waals surface area contributed by atoms with Crippen molar-refractivity contribution >= 4 is 34.4 Å². The zero-order valence-electron chi connectivity index (χ0n) is 25.4. The minimum absolute atomic E-state index is 0.0502. The van der Waals surface area contributed by atoms with Crippen LogP contribution in [0.25, 0.3) is 0 Å². The van der Waals surface area contributed by atoms with Crippen LogP contribution in [0.3, 0.4) is 0 Å². The highest BCUT2D eigenvalue weighted by atomic mass is 32.1. The number of ether oxygens (including phenoxy) is 1. The van der Waals surface area contributed by atoms with Gasteiger partial charge in [0.1, 0.15) is 17.4 Å². The quantitative estimate of drug-likeness (QED) is 0.170. The van der Waals surface area contributed by atoms with Gasteiger partial charge in [0.15, 0.2) is 0 Å². The van der Waals surface area contributed by atoms with Crippen molar-refractivity contribution in [1.29, 1.82) is 0 Å². The number of fused-ring (bicyclic) bond motifs is 1. The van der Waals surface area contributed by atoms with Crippen molar-refractivity contribution in [2.75, 3.05) is 51.8 Å². The SMILES string of the molecule is CCN(CC)CCN(C)Cc1cccc(C(=O)Nc2sc3c(c2C(=O)N/N=C/c2ccc(OCCO)cc2)CCCC3)c1. The van der Waals surface area contributed by atoms with Gasteiger partial charge in [-0.05, 0) is 98.9 Å². The van der Waals surface area contributed by atoms with E-state index in [4.69, 9.17) is 9.84 Å². The fourth-order valence-electron chi connectivity index (χ4n) is 5.16. The third kappa shape index (κ3) is 9.21. The summed E-state index contributed by atoms with van der Waals surface area (Å²) in [5.41, 5.74) is 6.59. The molecule has 0 atom stereocenters. The molecule has 1 aromatic heterocycles. The summed E-state index contributed by atoms with van der Waals surface area (Å²) in [6.07, 6.45) is 5.35. The van der Waals surface area contributed by atoms with Crippen LogP contribution in [-0.4, -0.2) is 79.4 Å². The largest absolute Gasteiger partial charge is 0.491 e. The van der Waals surface area contributed by atoms with Crippen molar-refractivity contribution in [3.05, 3.63) is 81.2 Å². The number of nitrogens with one attached hydrogen (secondary N) is 2. The third-order valence-electron chi connectivity index (χ3n) is 7.58. The van der Waals surface area contributed by atoms with Gasteiger partial charge in [0.25, 0.3) is 11.8 Å². The van der Waals surface area contributed by atoms with Crippen molar-refractivity contribution in [1.82, 2.24) is 15.2 Å². The standard InChI is InChI=1S/C33H43N5O4S/c1-4-38(5-2)18-17-37(3)23-25-9-8-10-26(21-25)31(40)35-33-30(28-11-6-7-12-29(28)43-33)32(41)36-34-22-24-13-15-27(16-14-24)42-20-19-39/h8-10,13-16,21-22,39H,4-7,11-12,17-20,23H2,1-3H3,(H,35,40)(H,36,41)/b34-22+. The number of aryl methyl sites for hydroxylation is 1. The summed E-state index contributed by atoms with van der Waals surface area (Å²) in [6, 6.07) is 14.9. The van der Waals surface area contributed by atoms with E-state index in [-0.39, 0.29) is 25.0 Å². The summed E-state index contributed by atoms with van der Waals surface area (Å²) >= 11 is 1.49. The topological polar surface area (TPSA) is 106 Å².